The first-order valence-electron chi connectivity index (χ1n) is 6.49. The third kappa shape index (κ3) is 3.70. The van der Waals surface area contributed by atoms with Gasteiger partial charge in [0.1, 0.15) is 12.0 Å². The molecule has 108 valence electrons. The summed E-state index contributed by atoms with van der Waals surface area (Å²) in [6.45, 7) is 3.73. The van der Waals surface area contributed by atoms with E-state index in [1.54, 1.807) is 12.1 Å². The maximum absolute atomic E-state index is 12.2. The maximum atomic E-state index is 12.2. The molecule has 0 unspecified atom stereocenters. The predicted octanol–water partition coefficient (Wildman–Crippen LogP) is 4.03. The van der Waals surface area contributed by atoms with Crippen molar-refractivity contribution in [1.82, 2.24) is 0 Å². The van der Waals surface area contributed by atoms with Crippen molar-refractivity contribution in [2.75, 3.05) is 6.61 Å². The Kier molecular flexibility index (Phi) is 4.76. The third-order valence-electron chi connectivity index (χ3n) is 3.14. The van der Waals surface area contributed by atoms with Crippen molar-refractivity contribution < 1.29 is 14.3 Å². The highest BCUT2D eigenvalue weighted by molar-refractivity contribution is 6.32. The second-order valence-electron chi connectivity index (χ2n) is 4.84. The minimum Gasteiger partial charge on any atom is -0.484 e. The number of carbonyl (C=O) groups excluding carboxylic acids is 2. The van der Waals surface area contributed by atoms with Gasteiger partial charge in [-0.25, -0.2) is 0 Å². The molecule has 0 fully saturated rings. The summed E-state index contributed by atoms with van der Waals surface area (Å²) in [5, 5.41) is 0.313. The van der Waals surface area contributed by atoms with Gasteiger partial charge < -0.3 is 4.74 Å². The number of ether oxygens (including phenoxy) is 1. The smallest absolute Gasteiger partial charge is 0.200 e. The van der Waals surface area contributed by atoms with Crippen LogP contribution in [0.2, 0.25) is 5.02 Å². The molecule has 2 aromatic carbocycles. The minimum absolute atomic E-state index is 0.0928. The summed E-state index contributed by atoms with van der Waals surface area (Å²) in [6.07, 6.45) is 0.705. The van der Waals surface area contributed by atoms with Crippen LogP contribution in [0.4, 0.5) is 0 Å². The molecular formula is C17H15ClO3. The molecule has 2 rings (SSSR count). The molecule has 0 saturated carbocycles. The van der Waals surface area contributed by atoms with Gasteiger partial charge in [-0.15, -0.1) is 0 Å². The summed E-state index contributed by atoms with van der Waals surface area (Å²) >= 11 is 6.00. The van der Waals surface area contributed by atoms with E-state index in [9.17, 15) is 9.59 Å². The Bertz CT molecular complexity index is 692. The van der Waals surface area contributed by atoms with Crippen molar-refractivity contribution >= 4 is 23.7 Å². The number of carbonyl (C=O) groups is 2. The zero-order valence-electron chi connectivity index (χ0n) is 11.9. The van der Waals surface area contributed by atoms with E-state index in [4.69, 9.17) is 16.3 Å². The van der Waals surface area contributed by atoms with Crippen LogP contribution in [0.1, 0.15) is 31.8 Å². The van der Waals surface area contributed by atoms with E-state index in [1.807, 2.05) is 32.0 Å². The second-order valence-corrected chi connectivity index (χ2v) is 5.25. The molecule has 0 aliphatic heterocycles. The Hall–Kier alpha value is -2.13. The number of Topliss-reactive ketones (excluding diaryl/α,β-unsaturated/α-hetero) is 1. The van der Waals surface area contributed by atoms with Gasteiger partial charge in [0.2, 0.25) is 0 Å². The van der Waals surface area contributed by atoms with Crippen molar-refractivity contribution in [2.24, 2.45) is 0 Å². The monoisotopic (exact) mass is 302 g/mol. The van der Waals surface area contributed by atoms with Crippen molar-refractivity contribution in [3.8, 4) is 5.75 Å². The summed E-state index contributed by atoms with van der Waals surface area (Å²) in [7, 11) is 0. The molecule has 0 aliphatic rings. The van der Waals surface area contributed by atoms with Crippen LogP contribution in [0.3, 0.4) is 0 Å². The molecule has 21 heavy (non-hydrogen) atoms. The number of aldehydes is 1. The number of rotatable bonds is 5. The first kappa shape index (κ1) is 15.3. The van der Waals surface area contributed by atoms with Gasteiger partial charge in [-0.2, -0.15) is 0 Å². The van der Waals surface area contributed by atoms with Gasteiger partial charge in [-0.05, 0) is 43.7 Å². The molecule has 0 N–H and O–H groups in total. The van der Waals surface area contributed by atoms with Gasteiger partial charge in [-0.1, -0.05) is 29.3 Å². The molecule has 0 radical (unpaired) electrons. The van der Waals surface area contributed by atoms with E-state index in [-0.39, 0.29) is 12.4 Å². The van der Waals surface area contributed by atoms with Gasteiger partial charge in [0, 0.05) is 11.1 Å². The fourth-order valence-corrected chi connectivity index (χ4v) is 2.21. The van der Waals surface area contributed by atoms with Crippen molar-refractivity contribution in [3.63, 3.8) is 0 Å². The highest BCUT2D eigenvalue weighted by Crippen LogP contribution is 2.25. The maximum Gasteiger partial charge on any atom is 0.200 e. The summed E-state index contributed by atoms with van der Waals surface area (Å²) in [5.74, 6) is 0.285. The lowest BCUT2D eigenvalue weighted by Crippen LogP contribution is -2.13. The van der Waals surface area contributed by atoms with Crippen molar-refractivity contribution in [3.05, 3.63) is 63.7 Å². The molecule has 3 nitrogen and oxygen atoms in total. The molecule has 4 heteroatoms. The quantitative estimate of drug-likeness (QED) is 0.618. The largest absolute Gasteiger partial charge is 0.484 e. The number of halogens is 1. The van der Waals surface area contributed by atoms with E-state index < -0.39 is 0 Å². The molecule has 0 atom stereocenters. The van der Waals surface area contributed by atoms with Crippen LogP contribution < -0.4 is 4.74 Å². The Morgan fingerprint density at radius 2 is 1.95 bits per heavy atom. The molecule has 0 saturated heterocycles. The summed E-state index contributed by atoms with van der Waals surface area (Å²) in [5.41, 5.74) is 3.05. The average molecular weight is 303 g/mol. The van der Waals surface area contributed by atoms with E-state index >= 15 is 0 Å². The Balaban J connectivity index is 2.11. The molecule has 0 heterocycles. The van der Waals surface area contributed by atoms with E-state index in [2.05, 4.69) is 0 Å². The Labute approximate surface area is 128 Å². The van der Waals surface area contributed by atoms with Crippen molar-refractivity contribution in [1.29, 1.82) is 0 Å². The number of benzene rings is 2. The minimum atomic E-state index is -0.105. The van der Waals surface area contributed by atoms with Crippen LogP contribution in [0.15, 0.2) is 36.4 Å². The van der Waals surface area contributed by atoms with Crippen molar-refractivity contribution in [2.45, 2.75) is 13.8 Å². The lowest BCUT2D eigenvalue weighted by atomic mass is 10.0. The van der Waals surface area contributed by atoms with E-state index in [0.717, 1.165) is 11.1 Å². The number of hydrogen-bond donors (Lipinski definition) is 0. The van der Waals surface area contributed by atoms with E-state index in [0.29, 0.717) is 28.2 Å². The fourth-order valence-electron chi connectivity index (χ4n) is 1.96. The molecule has 2 aromatic rings. The highest BCUT2D eigenvalue weighted by atomic mass is 35.5. The molecule has 0 aromatic heterocycles. The summed E-state index contributed by atoms with van der Waals surface area (Å²) in [4.78, 5) is 22.8. The number of aryl methyl sites for hydroxylation is 2. The molecule has 0 amide bonds. The lowest BCUT2D eigenvalue weighted by molar-refractivity contribution is 0.0920. The van der Waals surface area contributed by atoms with Gasteiger partial charge in [0.15, 0.2) is 12.4 Å². The zero-order chi connectivity index (χ0) is 15.4. The lowest BCUT2D eigenvalue weighted by Gasteiger charge is -2.09. The topological polar surface area (TPSA) is 43.4 Å². The van der Waals surface area contributed by atoms with Crippen LogP contribution in [0.5, 0.6) is 5.75 Å². The first-order chi connectivity index (χ1) is 10.0. The van der Waals surface area contributed by atoms with Crippen LogP contribution in [-0.4, -0.2) is 18.7 Å². The Morgan fingerprint density at radius 1 is 1.19 bits per heavy atom. The Morgan fingerprint density at radius 3 is 2.62 bits per heavy atom. The summed E-state index contributed by atoms with van der Waals surface area (Å²) < 4.78 is 5.45. The van der Waals surface area contributed by atoms with Gasteiger partial charge in [-0.3, -0.25) is 9.59 Å². The van der Waals surface area contributed by atoms with Crippen LogP contribution >= 0.6 is 11.6 Å². The van der Waals surface area contributed by atoms with E-state index in [1.165, 1.54) is 6.07 Å². The molecule has 0 aliphatic carbocycles. The first-order valence-corrected chi connectivity index (χ1v) is 6.87. The highest BCUT2D eigenvalue weighted by Gasteiger charge is 2.11. The second kappa shape index (κ2) is 6.55. The zero-order valence-corrected chi connectivity index (χ0v) is 12.6. The van der Waals surface area contributed by atoms with Gasteiger partial charge in [0.25, 0.3) is 0 Å². The summed E-state index contributed by atoms with van der Waals surface area (Å²) in [6, 6.07) is 10.4. The third-order valence-corrected chi connectivity index (χ3v) is 3.44. The van der Waals surface area contributed by atoms with Crippen LogP contribution in [0.25, 0.3) is 0 Å². The number of hydrogen-bond acceptors (Lipinski definition) is 3. The van der Waals surface area contributed by atoms with Crippen LogP contribution in [-0.2, 0) is 0 Å². The average Bonchev–Trinajstić information content (AvgIpc) is 2.48. The normalized spacial score (nSPS) is 10.2. The standard InChI is InChI=1S/C17H15ClO3/c1-11-3-4-12(2)14(7-11)16(20)10-21-17-6-5-13(9-19)8-15(17)18/h3-9H,10H2,1-2H3. The van der Waals surface area contributed by atoms with Crippen LogP contribution in [0, 0.1) is 13.8 Å². The fraction of sp³-hybridized carbons (Fsp3) is 0.176. The molecule has 0 bridgehead atoms. The molecular weight excluding hydrogens is 288 g/mol. The number of ketones is 1. The van der Waals surface area contributed by atoms with Gasteiger partial charge in [0.05, 0.1) is 5.02 Å². The SMILES string of the molecule is Cc1ccc(C)c(C(=O)COc2ccc(C=O)cc2Cl)c1. The van der Waals surface area contributed by atoms with Gasteiger partial charge >= 0.3 is 0 Å². The molecule has 0 spiro atoms. The predicted molar refractivity (Wildman–Crippen MR) is 82.6 cm³/mol.